The topological polar surface area (TPSA) is 21.7 Å². The molecule has 3 aromatic rings. The van der Waals surface area contributed by atoms with Crippen LogP contribution in [0.4, 0.5) is 0 Å². The standard InChI is InChI=1S/C27H31NO2/c1-28(2)18-24-10-9-23-17-22(13-16-26(23)27(24)30-4)21-7-5-19(6-8-21)20-11-14-25(29-3)15-12-20/h5-8,11-17,24,27H,9-10,18H2,1-4H3. The van der Waals surface area contributed by atoms with Crippen LogP contribution in [0.25, 0.3) is 22.3 Å². The van der Waals surface area contributed by atoms with Crippen LogP contribution in [-0.4, -0.2) is 39.8 Å². The molecule has 0 spiro atoms. The Bertz CT molecular complexity index is 977. The highest BCUT2D eigenvalue weighted by atomic mass is 16.5. The van der Waals surface area contributed by atoms with Gasteiger partial charge in [-0.05, 0) is 72.5 Å². The van der Waals surface area contributed by atoms with Crippen LogP contribution >= 0.6 is 0 Å². The van der Waals surface area contributed by atoms with Gasteiger partial charge in [-0.2, -0.15) is 0 Å². The van der Waals surface area contributed by atoms with E-state index in [9.17, 15) is 0 Å². The Labute approximate surface area is 180 Å². The van der Waals surface area contributed by atoms with Crippen molar-refractivity contribution in [1.82, 2.24) is 4.90 Å². The van der Waals surface area contributed by atoms with E-state index in [-0.39, 0.29) is 6.10 Å². The second-order valence-electron chi connectivity index (χ2n) is 8.44. The number of hydrogen-bond acceptors (Lipinski definition) is 3. The van der Waals surface area contributed by atoms with Gasteiger partial charge in [-0.25, -0.2) is 0 Å². The second kappa shape index (κ2) is 9.03. The lowest BCUT2D eigenvalue weighted by atomic mass is 9.80. The summed E-state index contributed by atoms with van der Waals surface area (Å²) in [6.07, 6.45) is 2.47. The molecule has 0 heterocycles. The van der Waals surface area contributed by atoms with Gasteiger partial charge in [0.1, 0.15) is 5.75 Å². The molecule has 2 unspecified atom stereocenters. The Balaban J connectivity index is 1.56. The number of methoxy groups -OCH3 is 2. The van der Waals surface area contributed by atoms with Crippen molar-refractivity contribution in [2.45, 2.75) is 18.9 Å². The van der Waals surface area contributed by atoms with Crippen molar-refractivity contribution in [3.63, 3.8) is 0 Å². The zero-order valence-corrected chi connectivity index (χ0v) is 18.4. The first-order valence-corrected chi connectivity index (χ1v) is 10.6. The lowest BCUT2D eigenvalue weighted by Gasteiger charge is -2.34. The average molecular weight is 402 g/mol. The van der Waals surface area contributed by atoms with E-state index in [4.69, 9.17) is 9.47 Å². The van der Waals surface area contributed by atoms with E-state index in [1.165, 1.54) is 39.8 Å². The largest absolute Gasteiger partial charge is 0.497 e. The van der Waals surface area contributed by atoms with Gasteiger partial charge in [0, 0.05) is 19.6 Å². The average Bonchev–Trinajstić information content (AvgIpc) is 2.78. The zero-order valence-electron chi connectivity index (χ0n) is 18.4. The molecular weight excluding hydrogens is 370 g/mol. The molecule has 0 saturated carbocycles. The molecule has 1 aliphatic carbocycles. The molecule has 0 saturated heterocycles. The molecule has 4 rings (SSSR count). The second-order valence-corrected chi connectivity index (χ2v) is 8.44. The maximum absolute atomic E-state index is 5.92. The number of benzene rings is 3. The molecule has 3 nitrogen and oxygen atoms in total. The number of fused-ring (bicyclic) bond motifs is 1. The van der Waals surface area contributed by atoms with Gasteiger partial charge in [-0.1, -0.05) is 54.6 Å². The molecule has 0 amide bonds. The van der Waals surface area contributed by atoms with Crippen molar-refractivity contribution in [1.29, 1.82) is 0 Å². The molecule has 0 fully saturated rings. The Morgan fingerprint density at radius 3 is 1.93 bits per heavy atom. The smallest absolute Gasteiger partial charge is 0.118 e. The highest BCUT2D eigenvalue weighted by Crippen LogP contribution is 2.39. The van der Waals surface area contributed by atoms with Crippen LogP contribution in [0.15, 0.2) is 66.7 Å². The van der Waals surface area contributed by atoms with Crippen LogP contribution in [0.2, 0.25) is 0 Å². The summed E-state index contributed by atoms with van der Waals surface area (Å²) in [4.78, 5) is 2.26. The summed E-state index contributed by atoms with van der Waals surface area (Å²) in [6.45, 7) is 1.06. The van der Waals surface area contributed by atoms with Crippen LogP contribution in [0.5, 0.6) is 5.75 Å². The third kappa shape index (κ3) is 4.28. The van der Waals surface area contributed by atoms with Crippen LogP contribution in [-0.2, 0) is 11.2 Å². The fourth-order valence-electron chi connectivity index (χ4n) is 4.64. The minimum Gasteiger partial charge on any atom is -0.497 e. The number of ether oxygens (including phenoxy) is 2. The summed E-state index contributed by atoms with van der Waals surface area (Å²) in [7, 11) is 7.82. The van der Waals surface area contributed by atoms with E-state index in [0.29, 0.717) is 5.92 Å². The lowest BCUT2D eigenvalue weighted by Crippen LogP contribution is -2.31. The van der Waals surface area contributed by atoms with E-state index < -0.39 is 0 Å². The minimum absolute atomic E-state index is 0.183. The van der Waals surface area contributed by atoms with E-state index in [0.717, 1.165) is 18.7 Å². The van der Waals surface area contributed by atoms with Crippen molar-refractivity contribution in [3.8, 4) is 28.0 Å². The molecule has 30 heavy (non-hydrogen) atoms. The van der Waals surface area contributed by atoms with Gasteiger partial charge >= 0.3 is 0 Å². The summed E-state index contributed by atoms with van der Waals surface area (Å²) in [5.74, 6) is 1.43. The van der Waals surface area contributed by atoms with Gasteiger partial charge in [0.2, 0.25) is 0 Å². The Morgan fingerprint density at radius 1 is 0.800 bits per heavy atom. The number of aryl methyl sites for hydroxylation is 1. The number of rotatable bonds is 6. The van der Waals surface area contributed by atoms with Crippen LogP contribution in [0.1, 0.15) is 23.7 Å². The SMILES string of the molecule is COc1ccc(-c2ccc(-c3ccc4c(c3)CCC(CN(C)C)C4OC)cc2)cc1. The molecule has 3 heteroatoms. The van der Waals surface area contributed by atoms with Crippen molar-refractivity contribution in [2.24, 2.45) is 5.92 Å². The Hall–Kier alpha value is -2.62. The molecule has 156 valence electrons. The molecule has 0 aromatic heterocycles. The van der Waals surface area contributed by atoms with Crippen LogP contribution in [0, 0.1) is 5.92 Å². The fourth-order valence-corrected chi connectivity index (χ4v) is 4.64. The summed E-state index contributed by atoms with van der Waals surface area (Å²) in [5.41, 5.74) is 7.71. The molecule has 0 aliphatic heterocycles. The van der Waals surface area contributed by atoms with E-state index in [2.05, 4.69) is 73.6 Å². The van der Waals surface area contributed by atoms with Crippen molar-refractivity contribution < 1.29 is 9.47 Å². The van der Waals surface area contributed by atoms with E-state index in [1.807, 2.05) is 19.2 Å². The summed E-state index contributed by atoms with van der Waals surface area (Å²) in [6, 6.07) is 23.9. The van der Waals surface area contributed by atoms with Gasteiger partial charge in [0.25, 0.3) is 0 Å². The third-order valence-electron chi connectivity index (χ3n) is 6.16. The number of hydrogen-bond donors (Lipinski definition) is 0. The maximum atomic E-state index is 5.92. The molecule has 0 radical (unpaired) electrons. The van der Waals surface area contributed by atoms with Gasteiger partial charge in [0.15, 0.2) is 0 Å². The Morgan fingerprint density at radius 2 is 1.37 bits per heavy atom. The first-order valence-electron chi connectivity index (χ1n) is 10.6. The summed E-state index contributed by atoms with van der Waals surface area (Å²) < 4.78 is 11.2. The van der Waals surface area contributed by atoms with Crippen LogP contribution < -0.4 is 4.74 Å². The van der Waals surface area contributed by atoms with Gasteiger partial charge in [-0.3, -0.25) is 0 Å². The highest BCUT2D eigenvalue weighted by Gasteiger charge is 2.30. The van der Waals surface area contributed by atoms with Gasteiger partial charge in [-0.15, -0.1) is 0 Å². The predicted molar refractivity (Wildman–Crippen MR) is 124 cm³/mol. The summed E-state index contributed by atoms with van der Waals surface area (Å²) >= 11 is 0. The van der Waals surface area contributed by atoms with Crippen molar-refractivity contribution >= 4 is 0 Å². The summed E-state index contributed by atoms with van der Waals surface area (Å²) in [5, 5.41) is 0. The first-order chi connectivity index (χ1) is 14.6. The fraction of sp³-hybridized carbons (Fsp3) is 0.333. The van der Waals surface area contributed by atoms with Gasteiger partial charge in [0.05, 0.1) is 13.2 Å². The van der Waals surface area contributed by atoms with Crippen LogP contribution in [0.3, 0.4) is 0 Å². The van der Waals surface area contributed by atoms with E-state index >= 15 is 0 Å². The Kier molecular flexibility index (Phi) is 6.21. The van der Waals surface area contributed by atoms with Crippen molar-refractivity contribution in [2.75, 3.05) is 34.9 Å². The van der Waals surface area contributed by atoms with Crippen molar-refractivity contribution in [3.05, 3.63) is 77.9 Å². The number of nitrogens with zero attached hydrogens (tertiary/aromatic N) is 1. The predicted octanol–water partition coefficient (Wildman–Crippen LogP) is 5.84. The quantitative estimate of drug-likeness (QED) is 0.518. The molecular formula is C27H31NO2. The third-order valence-corrected chi connectivity index (χ3v) is 6.16. The molecule has 1 aliphatic rings. The minimum atomic E-state index is 0.183. The first kappa shape index (κ1) is 20.6. The monoisotopic (exact) mass is 401 g/mol. The zero-order chi connectivity index (χ0) is 21.1. The molecule has 0 bridgehead atoms. The van der Waals surface area contributed by atoms with Gasteiger partial charge < -0.3 is 14.4 Å². The normalized spacial score (nSPS) is 18.3. The maximum Gasteiger partial charge on any atom is 0.118 e. The highest BCUT2D eigenvalue weighted by molar-refractivity contribution is 5.71. The van der Waals surface area contributed by atoms with E-state index in [1.54, 1.807) is 7.11 Å². The lowest BCUT2D eigenvalue weighted by molar-refractivity contribution is 0.0299. The molecule has 0 N–H and O–H groups in total. The molecule has 2 atom stereocenters. The molecule has 3 aromatic carbocycles.